The first-order valence-electron chi connectivity index (χ1n) is 6.64. The van der Waals surface area contributed by atoms with E-state index in [0.717, 1.165) is 19.3 Å². The van der Waals surface area contributed by atoms with E-state index < -0.39 is 0 Å². The van der Waals surface area contributed by atoms with Crippen LogP contribution in [0.3, 0.4) is 0 Å². The molecule has 0 heterocycles. The Kier molecular flexibility index (Phi) is 8.81. The summed E-state index contributed by atoms with van der Waals surface area (Å²) in [6.45, 7) is 3.18. The van der Waals surface area contributed by atoms with Crippen molar-refractivity contribution in [2.45, 2.75) is 65.2 Å². The number of hydrogen-bond donors (Lipinski definition) is 0. The molecule has 2 atom stereocenters. The predicted octanol–water partition coefficient (Wildman–Crippen LogP) is 3.53. The summed E-state index contributed by atoms with van der Waals surface area (Å²) in [4.78, 5) is 22.0. The molecule has 0 saturated heterocycles. The second kappa shape index (κ2) is 8.88. The van der Waals surface area contributed by atoms with Crippen molar-refractivity contribution in [3.8, 4) is 0 Å². The third-order valence-electron chi connectivity index (χ3n) is 3.81. The molecule has 0 aliphatic heterocycles. The van der Waals surface area contributed by atoms with Crippen LogP contribution >= 0.6 is 0 Å². The molecule has 0 bridgehead atoms. The van der Waals surface area contributed by atoms with E-state index in [9.17, 15) is 9.59 Å². The summed E-state index contributed by atoms with van der Waals surface area (Å²) in [6.07, 6.45) is 10.4. The first-order chi connectivity index (χ1) is 7.63. The molecule has 3 heteroatoms. The van der Waals surface area contributed by atoms with Gasteiger partial charge in [0.15, 0.2) is 0 Å². The van der Waals surface area contributed by atoms with Crippen LogP contribution in [-0.4, -0.2) is 11.6 Å². The quantitative estimate of drug-likeness (QED) is 0.725. The summed E-state index contributed by atoms with van der Waals surface area (Å²) in [6, 6.07) is 0. The molecular weight excluding hydrogens is 256 g/mol. The van der Waals surface area contributed by atoms with Crippen LogP contribution < -0.4 is 0 Å². The van der Waals surface area contributed by atoms with Gasteiger partial charge in [0.2, 0.25) is 0 Å². The SMILES string of the molecule is C1CCCC1.CC(=O)C1CCCC1C(C)=O.[Fe]. The molecule has 0 radical (unpaired) electrons. The molecule has 2 aliphatic carbocycles. The van der Waals surface area contributed by atoms with Gasteiger partial charge in [0.1, 0.15) is 11.6 Å². The van der Waals surface area contributed by atoms with E-state index in [0.29, 0.717) is 0 Å². The Bertz CT molecular complexity index is 219. The molecule has 2 rings (SSSR count). The molecule has 2 nitrogen and oxygen atoms in total. The fourth-order valence-corrected chi connectivity index (χ4v) is 2.82. The molecule has 100 valence electrons. The van der Waals surface area contributed by atoms with Crippen LogP contribution in [0.5, 0.6) is 0 Å². The third kappa shape index (κ3) is 5.83. The average molecular weight is 280 g/mol. The van der Waals surface area contributed by atoms with Crippen LogP contribution in [-0.2, 0) is 26.7 Å². The molecule has 0 aromatic rings. The third-order valence-corrected chi connectivity index (χ3v) is 3.81. The number of Topliss-reactive ketones (excluding diaryl/α,β-unsaturated/α-hetero) is 2. The first-order valence-corrected chi connectivity index (χ1v) is 6.64. The summed E-state index contributed by atoms with van der Waals surface area (Å²) >= 11 is 0. The predicted molar refractivity (Wildman–Crippen MR) is 65.3 cm³/mol. The van der Waals surface area contributed by atoms with Gasteiger partial charge in [-0.2, -0.15) is 0 Å². The van der Waals surface area contributed by atoms with Crippen LogP contribution in [0, 0.1) is 11.8 Å². The maximum absolute atomic E-state index is 11.0. The van der Waals surface area contributed by atoms with Crippen molar-refractivity contribution in [2.24, 2.45) is 11.8 Å². The largest absolute Gasteiger partial charge is 0.300 e. The van der Waals surface area contributed by atoms with E-state index in [4.69, 9.17) is 0 Å². The minimum atomic E-state index is 0. The van der Waals surface area contributed by atoms with Crippen molar-refractivity contribution in [1.82, 2.24) is 0 Å². The van der Waals surface area contributed by atoms with E-state index in [1.807, 2.05) is 0 Å². The number of rotatable bonds is 2. The van der Waals surface area contributed by atoms with Gasteiger partial charge in [-0.1, -0.05) is 38.5 Å². The zero-order valence-corrected chi connectivity index (χ0v) is 12.1. The molecular formula is C14H24FeO2. The van der Waals surface area contributed by atoms with Gasteiger partial charge >= 0.3 is 0 Å². The summed E-state index contributed by atoms with van der Waals surface area (Å²) < 4.78 is 0. The first kappa shape index (κ1) is 16.9. The number of carbonyl (C=O) groups is 2. The second-order valence-corrected chi connectivity index (χ2v) is 5.13. The Hall–Kier alpha value is -0.141. The van der Waals surface area contributed by atoms with Crippen LogP contribution in [0.25, 0.3) is 0 Å². The molecule has 0 spiro atoms. The van der Waals surface area contributed by atoms with Crippen molar-refractivity contribution >= 4 is 11.6 Å². The fraction of sp³-hybridized carbons (Fsp3) is 0.857. The standard InChI is InChI=1S/C9H14O2.C5H10.Fe/c1-6(10)8-4-3-5-9(8)7(2)11;1-2-4-5-3-1;/h8-9H,3-5H2,1-2H3;1-5H2;. The maximum Gasteiger partial charge on any atom is 0.133 e. The van der Waals surface area contributed by atoms with Crippen LogP contribution in [0.15, 0.2) is 0 Å². The molecule has 0 N–H and O–H groups in total. The zero-order valence-electron chi connectivity index (χ0n) is 11.0. The van der Waals surface area contributed by atoms with Crippen LogP contribution in [0.1, 0.15) is 65.2 Å². The number of ketones is 2. The maximum atomic E-state index is 11.0. The van der Waals surface area contributed by atoms with Crippen molar-refractivity contribution < 1.29 is 26.7 Å². The fourth-order valence-electron chi connectivity index (χ4n) is 2.82. The molecule has 17 heavy (non-hydrogen) atoms. The zero-order chi connectivity index (χ0) is 12.0. The van der Waals surface area contributed by atoms with Crippen LogP contribution in [0.2, 0.25) is 0 Å². The van der Waals surface area contributed by atoms with Gasteiger partial charge in [-0.15, -0.1) is 0 Å². The molecule has 2 unspecified atom stereocenters. The van der Waals surface area contributed by atoms with Crippen molar-refractivity contribution in [3.63, 3.8) is 0 Å². The van der Waals surface area contributed by atoms with E-state index in [1.54, 1.807) is 13.8 Å². The van der Waals surface area contributed by atoms with Crippen molar-refractivity contribution in [1.29, 1.82) is 0 Å². The normalized spacial score (nSPS) is 26.7. The molecule has 0 amide bonds. The Labute approximate surface area is 115 Å². The van der Waals surface area contributed by atoms with Gasteiger partial charge < -0.3 is 0 Å². The summed E-state index contributed by atoms with van der Waals surface area (Å²) in [7, 11) is 0. The Morgan fingerprint density at radius 3 is 1.24 bits per heavy atom. The minimum absolute atomic E-state index is 0. The van der Waals surface area contributed by atoms with Gasteiger partial charge in [0, 0.05) is 28.9 Å². The molecule has 2 fully saturated rings. The van der Waals surface area contributed by atoms with Crippen LogP contribution in [0.4, 0.5) is 0 Å². The Morgan fingerprint density at radius 2 is 1.00 bits per heavy atom. The van der Waals surface area contributed by atoms with Crippen molar-refractivity contribution in [3.05, 3.63) is 0 Å². The van der Waals surface area contributed by atoms with Gasteiger partial charge in [0.05, 0.1) is 0 Å². The molecule has 2 aliphatic rings. The monoisotopic (exact) mass is 280 g/mol. The summed E-state index contributed by atoms with van der Waals surface area (Å²) in [5.74, 6) is 0.436. The van der Waals surface area contributed by atoms with Crippen molar-refractivity contribution in [2.75, 3.05) is 0 Å². The van der Waals surface area contributed by atoms with Gasteiger partial charge in [0.25, 0.3) is 0 Å². The number of carbonyl (C=O) groups excluding carboxylic acids is 2. The molecule has 2 saturated carbocycles. The van der Waals surface area contributed by atoms with E-state index in [2.05, 4.69) is 0 Å². The second-order valence-electron chi connectivity index (χ2n) is 5.13. The Balaban J connectivity index is 0.000000360. The topological polar surface area (TPSA) is 34.1 Å². The molecule has 0 aromatic carbocycles. The molecule has 0 aromatic heterocycles. The van der Waals surface area contributed by atoms with Gasteiger partial charge in [-0.3, -0.25) is 9.59 Å². The minimum Gasteiger partial charge on any atom is -0.300 e. The Morgan fingerprint density at radius 1 is 0.706 bits per heavy atom. The smallest absolute Gasteiger partial charge is 0.133 e. The summed E-state index contributed by atoms with van der Waals surface area (Å²) in [5, 5.41) is 0. The average Bonchev–Trinajstić information content (AvgIpc) is 2.92. The van der Waals surface area contributed by atoms with Gasteiger partial charge in [-0.05, 0) is 26.7 Å². The van der Waals surface area contributed by atoms with E-state index in [-0.39, 0.29) is 40.5 Å². The van der Waals surface area contributed by atoms with E-state index >= 15 is 0 Å². The summed E-state index contributed by atoms with van der Waals surface area (Å²) in [5.41, 5.74) is 0. The van der Waals surface area contributed by atoms with Gasteiger partial charge in [-0.25, -0.2) is 0 Å². The van der Waals surface area contributed by atoms with E-state index in [1.165, 1.54) is 32.1 Å². The number of hydrogen-bond acceptors (Lipinski definition) is 2.